The fraction of sp³-hybridized carbons (Fsp3) is 0.591. The van der Waals surface area contributed by atoms with Crippen LogP contribution < -0.4 is 16.0 Å². The average Bonchev–Trinajstić information content (AvgIpc) is 3.15. The summed E-state index contributed by atoms with van der Waals surface area (Å²) in [4.78, 5) is 28.1. The van der Waals surface area contributed by atoms with Crippen molar-refractivity contribution in [2.24, 2.45) is 17.1 Å². The lowest BCUT2D eigenvalue weighted by atomic mass is 9.70. The quantitative estimate of drug-likeness (QED) is 0.624. The second-order valence-electron chi connectivity index (χ2n) is 8.60. The van der Waals surface area contributed by atoms with Crippen LogP contribution in [0.3, 0.4) is 0 Å². The van der Waals surface area contributed by atoms with Gasteiger partial charge in [-0.25, -0.2) is 4.79 Å². The number of amides is 3. The van der Waals surface area contributed by atoms with Crippen molar-refractivity contribution in [1.29, 1.82) is 5.26 Å². The van der Waals surface area contributed by atoms with Crippen LogP contribution in [0.5, 0.6) is 0 Å². The number of primary amides is 1. The SMILES string of the molecule is COCCCNC(=O)N1CCC2(CC1)CN(c1ccc(C#N)c(C(F)(F)F)c1)CC2C(N)=O. The first kappa shape index (κ1) is 24.6. The van der Waals surface area contributed by atoms with E-state index in [2.05, 4.69) is 5.32 Å². The number of nitrogens with two attached hydrogens (primary N) is 1. The Morgan fingerprint density at radius 1 is 1.33 bits per heavy atom. The molecule has 2 fully saturated rings. The van der Waals surface area contributed by atoms with Gasteiger partial charge in [-0.3, -0.25) is 4.79 Å². The number of nitrogens with one attached hydrogen (secondary N) is 1. The highest BCUT2D eigenvalue weighted by Gasteiger charge is 2.51. The molecule has 2 heterocycles. The van der Waals surface area contributed by atoms with Gasteiger partial charge in [0.15, 0.2) is 0 Å². The number of hydrogen-bond acceptors (Lipinski definition) is 5. The Morgan fingerprint density at radius 2 is 2.03 bits per heavy atom. The van der Waals surface area contributed by atoms with Gasteiger partial charge < -0.3 is 25.6 Å². The minimum atomic E-state index is -4.66. The molecule has 0 radical (unpaired) electrons. The summed E-state index contributed by atoms with van der Waals surface area (Å²) in [5.74, 6) is -1.05. The molecule has 3 rings (SSSR count). The number of carbonyl (C=O) groups excluding carboxylic acids is 2. The third-order valence-corrected chi connectivity index (χ3v) is 6.63. The van der Waals surface area contributed by atoms with E-state index < -0.39 is 34.5 Å². The number of ether oxygens (including phenoxy) is 1. The van der Waals surface area contributed by atoms with E-state index in [4.69, 9.17) is 15.7 Å². The molecule has 8 nitrogen and oxygen atoms in total. The van der Waals surface area contributed by atoms with Crippen molar-refractivity contribution in [2.75, 3.05) is 51.3 Å². The molecule has 0 saturated carbocycles. The number of carbonyl (C=O) groups is 2. The van der Waals surface area contributed by atoms with Crippen molar-refractivity contribution in [2.45, 2.75) is 25.4 Å². The normalized spacial score (nSPS) is 20.0. The third-order valence-electron chi connectivity index (χ3n) is 6.63. The topological polar surface area (TPSA) is 112 Å². The monoisotopic (exact) mass is 467 g/mol. The van der Waals surface area contributed by atoms with E-state index in [1.807, 2.05) is 0 Å². The lowest BCUT2D eigenvalue weighted by Crippen LogP contribution is -2.51. The van der Waals surface area contributed by atoms with Gasteiger partial charge in [0.05, 0.1) is 23.1 Å². The number of halogens is 3. The van der Waals surface area contributed by atoms with Crippen molar-refractivity contribution in [3.63, 3.8) is 0 Å². The molecule has 2 aliphatic rings. The zero-order chi connectivity index (χ0) is 24.2. The van der Waals surface area contributed by atoms with Crippen molar-refractivity contribution in [1.82, 2.24) is 10.2 Å². The summed E-state index contributed by atoms with van der Waals surface area (Å²) in [6.07, 6.45) is -2.93. The number of methoxy groups -OCH3 is 1. The maximum absolute atomic E-state index is 13.4. The third kappa shape index (κ3) is 5.33. The van der Waals surface area contributed by atoms with Crippen molar-refractivity contribution < 1.29 is 27.5 Å². The van der Waals surface area contributed by atoms with E-state index in [0.717, 1.165) is 12.1 Å². The molecule has 1 aromatic rings. The van der Waals surface area contributed by atoms with Gasteiger partial charge in [-0.15, -0.1) is 0 Å². The number of anilines is 1. The molecule has 0 aromatic heterocycles. The smallest absolute Gasteiger partial charge is 0.385 e. The molecule has 1 unspecified atom stereocenters. The number of hydrogen-bond donors (Lipinski definition) is 2. The average molecular weight is 467 g/mol. The van der Waals surface area contributed by atoms with Gasteiger partial charge in [-0.2, -0.15) is 18.4 Å². The number of benzene rings is 1. The number of piperidine rings is 1. The summed E-state index contributed by atoms with van der Waals surface area (Å²) in [7, 11) is 1.59. The molecule has 1 atom stereocenters. The van der Waals surface area contributed by atoms with Crippen LogP contribution in [0, 0.1) is 22.7 Å². The van der Waals surface area contributed by atoms with E-state index >= 15 is 0 Å². The molecule has 180 valence electrons. The Morgan fingerprint density at radius 3 is 2.61 bits per heavy atom. The number of nitrogens with zero attached hydrogens (tertiary/aromatic N) is 3. The van der Waals surface area contributed by atoms with Crippen molar-refractivity contribution in [3.8, 4) is 6.07 Å². The molecular weight excluding hydrogens is 439 g/mol. The van der Waals surface area contributed by atoms with E-state index in [1.165, 1.54) is 6.07 Å². The molecule has 1 aromatic carbocycles. The van der Waals surface area contributed by atoms with E-state index in [1.54, 1.807) is 23.0 Å². The zero-order valence-corrected chi connectivity index (χ0v) is 18.5. The van der Waals surface area contributed by atoms with Crippen molar-refractivity contribution >= 4 is 17.6 Å². The minimum absolute atomic E-state index is 0.187. The molecule has 11 heteroatoms. The minimum Gasteiger partial charge on any atom is -0.385 e. The van der Waals surface area contributed by atoms with Crippen LogP contribution in [0.4, 0.5) is 23.7 Å². The molecule has 1 spiro atoms. The number of nitriles is 1. The molecular formula is C22H28F3N5O3. The highest BCUT2D eigenvalue weighted by atomic mass is 19.4. The number of alkyl halides is 3. The highest BCUT2D eigenvalue weighted by molar-refractivity contribution is 5.80. The maximum atomic E-state index is 13.4. The number of likely N-dealkylation sites (tertiary alicyclic amines) is 1. The standard InChI is InChI=1S/C22H28F3N5O3/c1-33-10-2-7-28-20(32)29-8-5-21(6-9-29)14-30(13-18(21)19(27)31)16-4-3-15(12-26)17(11-16)22(23,24)25/h3-4,11,18H,2,5-10,13-14H2,1H3,(H2,27,31)(H,28,32). The molecule has 2 saturated heterocycles. The Labute approximate surface area is 190 Å². The van der Waals surface area contributed by atoms with Gasteiger partial charge in [0, 0.05) is 57.5 Å². The Kier molecular flexibility index (Phi) is 7.37. The van der Waals surface area contributed by atoms with E-state index in [-0.39, 0.29) is 12.6 Å². The highest BCUT2D eigenvalue weighted by Crippen LogP contribution is 2.46. The number of rotatable bonds is 6. The van der Waals surface area contributed by atoms with Crippen LogP contribution in [-0.4, -0.2) is 63.3 Å². The van der Waals surface area contributed by atoms with Crippen LogP contribution in [0.15, 0.2) is 18.2 Å². The summed E-state index contributed by atoms with van der Waals surface area (Å²) in [5, 5.41) is 11.9. The van der Waals surface area contributed by atoms with Crippen LogP contribution >= 0.6 is 0 Å². The fourth-order valence-electron chi connectivity index (χ4n) is 4.80. The zero-order valence-electron chi connectivity index (χ0n) is 18.5. The Balaban J connectivity index is 1.73. The predicted molar refractivity (Wildman–Crippen MR) is 114 cm³/mol. The first-order valence-electron chi connectivity index (χ1n) is 10.8. The van der Waals surface area contributed by atoms with Gasteiger partial charge in [0.25, 0.3) is 0 Å². The molecule has 3 N–H and O–H groups in total. The summed E-state index contributed by atoms with van der Waals surface area (Å²) < 4.78 is 45.2. The second-order valence-corrected chi connectivity index (χ2v) is 8.60. The largest absolute Gasteiger partial charge is 0.417 e. The Bertz CT molecular complexity index is 923. The van der Waals surface area contributed by atoms with Crippen LogP contribution in [0.2, 0.25) is 0 Å². The lowest BCUT2D eigenvalue weighted by molar-refractivity contribution is -0.137. The summed E-state index contributed by atoms with van der Waals surface area (Å²) in [5.41, 5.74) is 4.01. The van der Waals surface area contributed by atoms with Crippen molar-refractivity contribution in [3.05, 3.63) is 29.3 Å². The summed E-state index contributed by atoms with van der Waals surface area (Å²) in [6.45, 7) is 2.44. The van der Waals surface area contributed by atoms with Gasteiger partial charge in [-0.05, 0) is 37.5 Å². The molecule has 33 heavy (non-hydrogen) atoms. The predicted octanol–water partition coefficient (Wildman–Crippen LogP) is 2.33. The van der Waals surface area contributed by atoms with Gasteiger partial charge in [-0.1, -0.05) is 0 Å². The molecule has 0 bridgehead atoms. The number of urea groups is 1. The fourth-order valence-corrected chi connectivity index (χ4v) is 4.80. The Hall–Kier alpha value is -3.00. The first-order chi connectivity index (χ1) is 15.6. The maximum Gasteiger partial charge on any atom is 0.417 e. The van der Waals surface area contributed by atoms with Crippen LogP contribution in [-0.2, 0) is 15.7 Å². The summed E-state index contributed by atoms with van der Waals surface area (Å²) in [6, 6.07) is 4.97. The molecule has 0 aliphatic carbocycles. The van der Waals surface area contributed by atoms with Gasteiger partial charge in [0.2, 0.25) is 5.91 Å². The van der Waals surface area contributed by atoms with Crippen LogP contribution in [0.25, 0.3) is 0 Å². The van der Waals surface area contributed by atoms with Gasteiger partial charge in [0.1, 0.15) is 0 Å². The summed E-state index contributed by atoms with van der Waals surface area (Å²) >= 11 is 0. The van der Waals surface area contributed by atoms with E-state index in [9.17, 15) is 22.8 Å². The van der Waals surface area contributed by atoms with E-state index in [0.29, 0.717) is 57.7 Å². The first-order valence-corrected chi connectivity index (χ1v) is 10.8. The van der Waals surface area contributed by atoms with Gasteiger partial charge >= 0.3 is 12.2 Å². The second kappa shape index (κ2) is 9.87. The van der Waals surface area contributed by atoms with Crippen LogP contribution in [0.1, 0.15) is 30.4 Å². The molecule has 3 amide bonds. The molecule has 2 aliphatic heterocycles. The lowest BCUT2D eigenvalue weighted by Gasteiger charge is -2.41.